The summed E-state index contributed by atoms with van der Waals surface area (Å²) in [6.07, 6.45) is 3.07. The molecule has 15 heavy (non-hydrogen) atoms. The molecule has 78 valence electrons. The Morgan fingerprint density at radius 3 is 2.73 bits per heavy atom. The van der Waals surface area contributed by atoms with Gasteiger partial charge in [-0.2, -0.15) is 0 Å². The topological polar surface area (TPSA) is 26.3 Å². The highest BCUT2D eigenvalue weighted by Gasteiger charge is 2.29. The van der Waals surface area contributed by atoms with E-state index in [4.69, 9.17) is 4.74 Å². The predicted molar refractivity (Wildman–Crippen MR) is 58.2 cm³/mol. The van der Waals surface area contributed by atoms with E-state index >= 15 is 0 Å². The van der Waals surface area contributed by atoms with Crippen molar-refractivity contribution in [3.63, 3.8) is 0 Å². The maximum Gasteiger partial charge on any atom is 0.306 e. The Hall–Kier alpha value is -1.57. The van der Waals surface area contributed by atoms with E-state index in [9.17, 15) is 4.79 Å². The van der Waals surface area contributed by atoms with Gasteiger partial charge in [0.15, 0.2) is 0 Å². The van der Waals surface area contributed by atoms with Gasteiger partial charge < -0.3 is 4.74 Å². The van der Waals surface area contributed by atoms with Crippen LogP contribution in [0.4, 0.5) is 0 Å². The van der Waals surface area contributed by atoms with Crippen LogP contribution < -0.4 is 0 Å². The van der Waals surface area contributed by atoms with Crippen LogP contribution in [0.3, 0.4) is 0 Å². The fraction of sp³-hybridized carbons (Fsp3) is 0.308. The minimum absolute atomic E-state index is 0.109. The second-order valence-corrected chi connectivity index (χ2v) is 3.76. The van der Waals surface area contributed by atoms with Crippen molar-refractivity contribution in [2.45, 2.75) is 18.9 Å². The molecule has 0 amide bonds. The van der Waals surface area contributed by atoms with Crippen LogP contribution >= 0.6 is 0 Å². The second-order valence-electron chi connectivity index (χ2n) is 3.76. The molecule has 0 saturated carbocycles. The van der Waals surface area contributed by atoms with Gasteiger partial charge in [-0.1, -0.05) is 36.4 Å². The Morgan fingerprint density at radius 2 is 2.07 bits per heavy atom. The van der Waals surface area contributed by atoms with Gasteiger partial charge in [0, 0.05) is 12.3 Å². The Bertz CT molecular complexity index is 356. The normalized spacial score (nSPS) is 25.7. The zero-order valence-electron chi connectivity index (χ0n) is 8.56. The van der Waals surface area contributed by atoms with Crippen LogP contribution in [0.2, 0.25) is 0 Å². The second kappa shape index (κ2) is 4.30. The Balaban J connectivity index is 2.24. The fourth-order valence-electron chi connectivity index (χ4n) is 1.92. The fourth-order valence-corrected chi connectivity index (χ4v) is 1.92. The van der Waals surface area contributed by atoms with Crippen LogP contribution in [-0.4, -0.2) is 5.97 Å². The zero-order chi connectivity index (χ0) is 10.7. The average molecular weight is 202 g/mol. The van der Waals surface area contributed by atoms with Gasteiger partial charge in [-0.25, -0.2) is 0 Å². The summed E-state index contributed by atoms with van der Waals surface area (Å²) in [7, 11) is 0. The molecular formula is C13H14O2. The van der Waals surface area contributed by atoms with E-state index in [1.54, 1.807) is 0 Å². The first-order chi connectivity index (χ1) is 7.31. The molecule has 2 atom stereocenters. The van der Waals surface area contributed by atoms with E-state index in [2.05, 4.69) is 6.58 Å². The molecule has 1 aromatic carbocycles. The number of rotatable bonds is 2. The molecule has 0 aliphatic carbocycles. The van der Waals surface area contributed by atoms with Gasteiger partial charge in [-0.15, -0.1) is 6.58 Å². The maximum absolute atomic E-state index is 11.3. The largest absolute Gasteiger partial charge is 0.457 e. The molecule has 0 N–H and O–H groups in total. The third-order valence-corrected chi connectivity index (χ3v) is 2.76. The lowest BCUT2D eigenvalue weighted by Gasteiger charge is -2.29. The quantitative estimate of drug-likeness (QED) is 0.544. The molecule has 1 aliphatic rings. The van der Waals surface area contributed by atoms with Crippen molar-refractivity contribution >= 4 is 5.97 Å². The Kier molecular flexibility index (Phi) is 2.86. The van der Waals surface area contributed by atoms with Crippen molar-refractivity contribution in [2.24, 2.45) is 5.92 Å². The smallest absolute Gasteiger partial charge is 0.306 e. The molecule has 2 heteroatoms. The van der Waals surface area contributed by atoms with Gasteiger partial charge in [0.05, 0.1) is 0 Å². The Labute approximate surface area is 89.6 Å². The standard InChI is InChI=1S/C13H14O2/c1-2-10-8-9-12(14)15-13(10)11-6-4-3-5-7-11/h2-7,10,13H,1,8-9H2/t10-,13+/m1/s1. The molecule has 1 aliphatic heterocycles. The minimum atomic E-state index is -0.148. The lowest BCUT2D eigenvalue weighted by atomic mass is 9.89. The van der Waals surface area contributed by atoms with Crippen LogP contribution in [0.25, 0.3) is 0 Å². The van der Waals surface area contributed by atoms with Gasteiger partial charge in [0.25, 0.3) is 0 Å². The van der Waals surface area contributed by atoms with Crippen LogP contribution in [0, 0.1) is 5.92 Å². The number of carbonyl (C=O) groups is 1. The van der Waals surface area contributed by atoms with E-state index in [-0.39, 0.29) is 18.0 Å². The van der Waals surface area contributed by atoms with Gasteiger partial charge in [-0.05, 0) is 12.0 Å². The first-order valence-corrected chi connectivity index (χ1v) is 5.18. The van der Waals surface area contributed by atoms with E-state index in [0.29, 0.717) is 6.42 Å². The van der Waals surface area contributed by atoms with Crippen LogP contribution in [0.15, 0.2) is 43.0 Å². The SMILES string of the molecule is C=C[C@@H]1CCC(=O)O[C@@H]1c1ccccc1. The molecule has 0 bridgehead atoms. The molecule has 1 aromatic rings. The predicted octanol–water partition coefficient (Wildman–Crippen LogP) is 2.87. The van der Waals surface area contributed by atoms with E-state index < -0.39 is 0 Å². The maximum atomic E-state index is 11.3. The highest BCUT2D eigenvalue weighted by Crippen LogP contribution is 2.34. The highest BCUT2D eigenvalue weighted by molar-refractivity contribution is 5.70. The summed E-state index contributed by atoms with van der Waals surface area (Å²) in [6.45, 7) is 3.79. The lowest BCUT2D eigenvalue weighted by molar-refractivity contribution is -0.157. The summed E-state index contributed by atoms with van der Waals surface area (Å²) < 4.78 is 5.37. The van der Waals surface area contributed by atoms with Crippen molar-refractivity contribution in [3.05, 3.63) is 48.6 Å². The summed E-state index contributed by atoms with van der Waals surface area (Å²) in [5, 5.41) is 0. The third kappa shape index (κ3) is 2.09. The minimum Gasteiger partial charge on any atom is -0.457 e. The molecule has 0 aromatic heterocycles. The van der Waals surface area contributed by atoms with Crippen LogP contribution in [0.1, 0.15) is 24.5 Å². The van der Waals surface area contributed by atoms with E-state index in [1.807, 2.05) is 36.4 Å². The van der Waals surface area contributed by atoms with Crippen molar-refractivity contribution in [1.82, 2.24) is 0 Å². The van der Waals surface area contributed by atoms with Crippen molar-refractivity contribution in [3.8, 4) is 0 Å². The van der Waals surface area contributed by atoms with Crippen LogP contribution in [0.5, 0.6) is 0 Å². The van der Waals surface area contributed by atoms with Crippen LogP contribution in [-0.2, 0) is 9.53 Å². The van der Waals surface area contributed by atoms with Crippen molar-refractivity contribution in [1.29, 1.82) is 0 Å². The summed E-state index contributed by atoms with van der Waals surface area (Å²) in [5.74, 6) is 0.132. The number of hydrogen-bond acceptors (Lipinski definition) is 2. The number of ether oxygens (including phenoxy) is 1. The van der Waals surface area contributed by atoms with Gasteiger partial charge in [-0.3, -0.25) is 4.79 Å². The van der Waals surface area contributed by atoms with Gasteiger partial charge in [0.1, 0.15) is 6.10 Å². The molecule has 2 nitrogen and oxygen atoms in total. The average Bonchev–Trinajstić information content (AvgIpc) is 2.30. The summed E-state index contributed by atoms with van der Waals surface area (Å²) >= 11 is 0. The number of esters is 1. The summed E-state index contributed by atoms with van der Waals surface area (Å²) in [4.78, 5) is 11.3. The molecule has 2 rings (SSSR count). The first-order valence-electron chi connectivity index (χ1n) is 5.18. The zero-order valence-corrected chi connectivity index (χ0v) is 8.56. The first kappa shape index (κ1) is 9.97. The number of hydrogen-bond donors (Lipinski definition) is 0. The third-order valence-electron chi connectivity index (χ3n) is 2.76. The molecule has 0 radical (unpaired) electrons. The number of benzene rings is 1. The molecule has 0 unspecified atom stereocenters. The van der Waals surface area contributed by atoms with Crippen molar-refractivity contribution < 1.29 is 9.53 Å². The molecule has 1 fully saturated rings. The number of carbonyl (C=O) groups excluding carboxylic acids is 1. The van der Waals surface area contributed by atoms with Gasteiger partial charge in [0.2, 0.25) is 0 Å². The number of cyclic esters (lactones) is 1. The Morgan fingerprint density at radius 1 is 1.33 bits per heavy atom. The molecule has 1 heterocycles. The summed E-state index contributed by atoms with van der Waals surface area (Å²) in [5.41, 5.74) is 1.05. The molecule has 1 saturated heterocycles. The van der Waals surface area contributed by atoms with Gasteiger partial charge >= 0.3 is 5.97 Å². The lowest BCUT2D eigenvalue weighted by Crippen LogP contribution is -2.24. The van der Waals surface area contributed by atoms with Crippen molar-refractivity contribution in [2.75, 3.05) is 0 Å². The summed E-state index contributed by atoms with van der Waals surface area (Å²) in [6, 6.07) is 9.84. The van der Waals surface area contributed by atoms with E-state index in [1.165, 1.54) is 0 Å². The molecular weight excluding hydrogens is 188 g/mol. The monoisotopic (exact) mass is 202 g/mol. The molecule has 0 spiro atoms. The highest BCUT2D eigenvalue weighted by atomic mass is 16.5. The van der Waals surface area contributed by atoms with E-state index in [0.717, 1.165) is 12.0 Å².